The van der Waals surface area contributed by atoms with Crippen molar-refractivity contribution < 1.29 is 19.8 Å². The first-order valence-corrected chi connectivity index (χ1v) is 6.97. The van der Waals surface area contributed by atoms with Gasteiger partial charge in [0, 0.05) is 18.3 Å². The van der Waals surface area contributed by atoms with E-state index in [0.29, 0.717) is 18.3 Å². The van der Waals surface area contributed by atoms with Crippen molar-refractivity contribution in [1.82, 2.24) is 9.78 Å². The summed E-state index contributed by atoms with van der Waals surface area (Å²) >= 11 is 3.33. The number of carbonyl (C=O) groups is 2. The summed E-state index contributed by atoms with van der Waals surface area (Å²) < 4.78 is 1.36. The summed E-state index contributed by atoms with van der Waals surface area (Å²) in [6, 6.07) is 0. The molecular weight excluding hydrogens is 318 g/mol. The van der Waals surface area contributed by atoms with Gasteiger partial charge >= 0.3 is 5.97 Å². The number of anilines is 1. The monoisotopic (exact) mass is 331 g/mol. The van der Waals surface area contributed by atoms with E-state index in [1.807, 2.05) is 0 Å². The molecule has 19 heavy (non-hydrogen) atoms. The number of rotatable bonds is 5. The molecule has 1 aromatic heterocycles. The number of aliphatic hydroxyl groups is 1. The standard InChI is InChI=1S/C11H14BrN3O4/c12-4-7-3-9(17)14(6-7)10-8(11(18)19)5-13-15(10)1-2-16/h5,7,16H,1-4,6H2,(H,18,19). The molecule has 1 unspecified atom stereocenters. The number of carboxylic acid groups (broad SMARTS) is 1. The summed E-state index contributed by atoms with van der Waals surface area (Å²) in [5.41, 5.74) is -0.0166. The van der Waals surface area contributed by atoms with Crippen molar-refractivity contribution in [3.8, 4) is 0 Å². The summed E-state index contributed by atoms with van der Waals surface area (Å²) in [6.07, 6.45) is 1.59. The normalized spacial score (nSPS) is 19.2. The molecule has 104 valence electrons. The van der Waals surface area contributed by atoms with Crippen LogP contribution in [-0.2, 0) is 11.3 Å². The molecule has 2 heterocycles. The SMILES string of the molecule is O=C(O)c1cnn(CCO)c1N1CC(CBr)CC1=O. The Morgan fingerprint density at radius 3 is 2.84 bits per heavy atom. The van der Waals surface area contributed by atoms with Crippen LogP contribution in [0.5, 0.6) is 0 Å². The molecule has 2 N–H and O–H groups in total. The number of carbonyl (C=O) groups excluding carboxylic acids is 1. The average molecular weight is 332 g/mol. The van der Waals surface area contributed by atoms with Gasteiger partial charge < -0.3 is 10.2 Å². The molecule has 0 radical (unpaired) electrons. The highest BCUT2D eigenvalue weighted by atomic mass is 79.9. The molecular formula is C11H14BrN3O4. The zero-order chi connectivity index (χ0) is 14.0. The first kappa shape index (κ1) is 14.0. The summed E-state index contributed by atoms with van der Waals surface area (Å²) in [5, 5.41) is 22.7. The number of amides is 1. The van der Waals surface area contributed by atoms with Crippen LogP contribution in [0, 0.1) is 5.92 Å². The van der Waals surface area contributed by atoms with Gasteiger partial charge in [0.2, 0.25) is 5.91 Å². The average Bonchev–Trinajstić information content (AvgIpc) is 2.93. The maximum Gasteiger partial charge on any atom is 0.341 e. The molecule has 1 fully saturated rings. The number of aromatic carboxylic acids is 1. The van der Waals surface area contributed by atoms with Crippen molar-refractivity contribution in [2.45, 2.75) is 13.0 Å². The van der Waals surface area contributed by atoms with Crippen molar-refractivity contribution in [2.75, 3.05) is 23.4 Å². The minimum atomic E-state index is -1.13. The van der Waals surface area contributed by atoms with Gasteiger partial charge in [-0.15, -0.1) is 0 Å². The van der Waals surface area contributed by atoms with E-state index >= 15 is 0 Å². The predicted octanol–water partition coefficient (Wildman–Crippen LogP) is 0.321. The topological polar surface area (TPSA) is 95.7 Å². The third kappa shape index (κ3) is 2.64. The lowest BCUT2D eigenvalue weighted by Gasteiger charge is -2.18. The van der Waals surface area contributed by atoms with Crippen LogP contribution in [0.2, 0.25) is 0 Å². The minimum absolute atomic E-state index is 0.0166. The van der Waals surface area contributed by atoms with E-state index in [9.17, 15) is 9.59 Å². The van der Waals surface area contributed by atoms with E-state index in [2.05, 4.69) is 21.0 Å². The van der Waals surface area contributed by atoms with Crippen LogP contribution in [0.15, 0.2) is 6.20 Å². The van der Waals surface area contributed by atoms with Gasteiger partial charge in [0.15, 0.2) is 0 Å². The molecule has 0 bridgehead atoms. The van der Waals surface area contributed by atoms with Gasteiger partial charge in [-0.1, -0.05) is 15.9 Å². The maximum absolute atomic E-state index is 12.0. The Kier molecular flexibility index (Phi) is 4.20. The van der Waals surface area contributed by atoms with Gasteiger partial charge in [-0.3, -0.25) is 9.69 Å². The first-order valence-electron chi connectivity index (χ1n) is 5.84. The highest BCUT2D eigenvalue weighted by molar-refractivity contribution is 9.09. The van der Waals surface area contributed by atoms with Crippen LogP contribution in [0.1, 0.15) is 16.8 Å². The molecule has 8 heteroatoms. The number of nitrogens with zero attached hydrogens (tertiary/aromatic N) is 3. The maximum atomic E-state index is 12.0. The quantitative estimate of drug-likeness (QED) is 0.757. The molecule has 7 nitrogen and oxygen atoms in total. The van der Waals surface area contributed by atoms with E-state index in [1.54, 1.807) is 0 Å². The lowest BCUT2D eigenvalue weighted by Crippen LogP contribution is -2.29. The van der Waals surface area contributed by atoms with Crippen molar-refractivity contribution in [3.63, 3.8) is 0 Å². The Hall–Kier alpha value is -1.41. The fraction of sp³-hybridized carbons (Fsp3) is 0.545. The summed E-state index contributed by atoms with van der Waals surface area (Å²) in [7, 11) is 0. The molecule has 0 aromatic carbocycles. The molecule has 1 saturated heterocycles. The molecule has 0 saturated carbocycles. The number of aromatic nitrogens is 2. The Bertz CT molecular complexity index is 502. The molecule has 1 amide bonds. The zero-order valence-corrected chi connectivity index (χ0v) is 11.7. The van der Waals surface area contributed by atoms with Crippen LogP contribution in [-0.4, -0.2) is 50.4 Å². The fourth-order valence-corrected chi connectivity index (χ4v) is 2.60. The van der Waals surface area contributed by atoms with Crippen molar-refractivity contribution in [1.29, 1.82) is 0 Å². The third-order valence-electron chi connectivity index (χ3n) is 3.03. The van der Waals surface area contributed by atoms with Gasteiger partial charge in [-0.05, 0) is 5.92 Å². The summed E-state index contributed by atoms with van der Waals surface area (Å²) in [6.45, 7) is 0.449. The van der Waals surface area contributed by atoms with E-state index < -0.39 is 5.97 Å². The molecule has 1 aliphatic rings. The number of alkyl halides is 1. The molecule has 1 aromatic rings. The van der Waals surface area contributed by atoms with Crippen molar-refractivity contribution in [3.05, 3.63) is 11.8 Å². The first-order chi connectivity index (χ1) is 9.08. The molecule has 0 aliphatic carbocycles. The molecule has 1 aliphatic heterocycles. The molecule has 2 rings (SSSR count). The predicted molar refractivity (Wildman–Crippen MR) is 70.5 cm³/mol. The highest BCUT2D eigenvalue weighted by Crippen LogP contribution is 2.29. The Morgan fingerprint density at radius 1 is 1.58 bits per heavy atom. The second-order valence-electron chi connectivity index (χ2n) is 4.36. The molecule has 1 atom stereocenters. The summed E-state index contributed by atoms with van der Waals surface area (Å²) in [4.78, 5) is 24.6. The van der Waals surface area contributed by atoms with Gasteiger partial charge in [0.05, 0.1) is 19.3 Å². The number of hydrogen-bond acceptors (Lipinski definition) is 4. The second-order valence-corrected chi connectivity index (χ2v) is 5.01. The van der Waals surface area contributed by atoms with Gasteiger partial charge in [-0.25, -0.2) is 9.48 Å². The number of carboxylic acids is 1. The van der Waals surface area contributed by atoms with Crippen LogP contribution in [0.25, 0.3) is 0 Å². The number of hydrogen-bond donors (Lipinski definition) is 2. The Morgan fingerprint density at radius 2 is 2.32 bits per heavy atom. The van der Waals surface area contributed by atoms with Crippen molar-refractivity contribution >= 4 is 33.6 Å². The fourth-order valence-electron chi connectivity index (χ4n) is 2.16. The van der Waals surface area contributed by atoms with E-state index in [0.717, 1.165) is 0 Å². The van der Waals surface area contributed by atoms with Crippen LogP contribution >= 0.6 is 15.9 Å². The zero-order valence-electron chi connectivity index (χ0n) is 10.1. The van der Waals surface area contributed by atoms with Crippen molar-refractivity contribution in [2.24, 2.45) is 5.92 Å². The summed E-state index contributed by atoms with van der Waals surface area (Å²) in [5.74, 6) is -0.831. The van der Waals surface area contributed by atoms with Gasteiger partial charge in [0.25, 0.3) is 0 Å². The lowest BCUT2D eigenvalue weighted by atomic mass is 10.2. The Labute approximate surface area is 117 Å². The highest BCUT2D eigenvalue weighted by Gasteiger charge is 2.34. The third-order valence-corrected chi connectivity index (χ3v) is 3.95. The minimum Gasteiger partial charge on any atom is -0.477 e. The van der Waals surface area contributed by atoms with Crippen LogP contribution in [0.4, 0.5) is 5.82 Å². The van der Waals surface area contributed by atoms with Gasteiger partial charge in [0.1, 0.15) is 11.4 Å². The number of aliphatic hydroxyl groups excluding tert-OH is 1. The van der Waals surface area contributed by atoms with E-state index in [4.69, 9.17) is 10.2 Å². The number of halogens is 1. The Balaban J connectivity index is 2.39. The lowest BCUT2D eigenvalue weighted by molar-refractivity contribution is -0.117. The van der Waals surface area contributed by atoms with E-state index in [-0.39, 0.29) is 36.4 Å². The van der Waals surface area contributed by atoms with Gasteiger partial charge in [-0.2, -0.15) is 5.10 Å². The van der Waals surface area contributed by atoms with Crippen LogP contribution in [0.3, 0.4) is 0 Å². The van der Waals surface area contributed by atoms with E-state index in [1.165, 1.54) is 15.8 Å². The largest absolute Gasteiger partial charge is 0.477 e. The van der Waals surface area contributed by atoms with Crippen LogP contribution < -0.4 is 4.90 Å². The second kappa shape index (κ2) is 5.70. The molecule has 0 spiro atoms. The smallest absolute Gasteiger partial charge is 0.341 e.